The molecule has 0 atom stereocenters. The molecule has 0 amide bonds. The molecule has 0 aliphatic rings. The highest BCUT2D eigenvalue weighted by atomic mass is 79.9. The van der Waals surface area contributed by atoms with Gasteiger partial charge in [0.15, 0.2) is 11.0 Å². The molecule has 80 valence electrons. The molecule has 0 aromatic carbocycles. The quantitative estimate of drug-likeness (QED) is 0.935. The summed E-state index contributed by atoms with van der Waals surface area (Å²) in [5, 5.41) is 9.80. The Morgan fingerprint density at radius 3 is 3.00 bits per heavy atom. The van der Waals surface area contributed by atoms with Gasteiger partial charge in [-0.1, -0.05) is 5.16 Å². The Bertz CT molecular complexity index is 401. The molecule has 0 saturated heterocycles. The number of aromatic nitrogens is 3. The van der Waals surface area contributed by atoms with Crippen molar-refractivity contribution >= 4 is 32.4 Å². The van der Waals surface area contributed by atoms with E-state index < -0.39 is 0 Å². The summed E-state index contributed by atoms with van der Waals surface area (Å²) in [7, 11) is 0. The number of nitrogens with one attached hydrogen (secondary N) is 1. The lowest BCUT2D eigenvalue weighted by molar-refractivity contribution is 0.387. The first kappa shape index (κ1) is 10.6. The van der Waals surface area contributed by atoms with E-state index in [9.17, 15) is 0 Å². The molecule has 2 rings (SSSR count). The van der Waals surface area contributed by atoms with E-state index in [1.165, 1.54) is 0 Å². The molecule has 0 bridgehead atoms. The van der Waals surface area contributed by atoms with E-state index in [2.05, 4.69) is 36.4 Å². The summed E-state index contributed by atoms with van der Waals surface area (Å²) >= 11 is 4.85. The zero-order chi connectivity index (χ0) is 10.7. The van der Waals surface area contributed by atoms with Gasteiger partial charge >= 0.3 is 0 Å². The number of hydrogen-bond donors (Lipinski definition) is 1. The van der Waals surface area contributed by atoms with E-state index in [1.54, 1.807) is 18.3 Å². The second-order valence-corrected chi connectivity index (χ2v) is 4.55. The van der Waals surface area contributed by atoms with Gasteiger partial charge in [-0.3, -0.25) is 0 Å². The van der Waals surface area contributed by atoms with Crippen molar-refractivity contribution < 1.29 is 4.52 Å². The molecule has 2 aromatic rings. The minimum atomic E-state index is 0.599. The maximum atomic E-state index is 4.86. The smallest absolute Gasteiger partial charge is 0.223 e. The Morgan fingerprint density at radius 1 is 1.53 bits per heavy atom. The van der Waals surface area contributed by atoms with E-state index in [1.807, 2.05) is 5.38 Å². The second kappa shape index (κ2) is 4.71. The summed E-state index contributed by atoms with van der Waals surface area (Å²) in [4.78, 5) is 8.31. The minimum absolute atomic E-state index is 0.599. The Labute approximate surface area is 99.0 Å². The summed E-state index contributed by atoms with van der Waals surface area (Å²) in [6.07, 6.45) is 0.731. The Kier molecular flexibility index (Phi) is 3.32. The van der Waals surface area contributed by atoms with Gasteiger partial charge in [0.2, 0.25) is 5.89 Å². The standard InChI is InChI=1S/C8H9BrN4OS/c1-5-11-7(13-14-5)2-3-10-8-12-6(9)4-15-8/h4H,2-3H2,1H3,(H,10,12). The number of anilines is 1. The molecule has 0 unspecified atom stereocenters. The van der Waals surface area contributed by atoms with Gasteiger partial charge in [0, 0.05) is 25.3 Å². The molecule has 15 heavy (non-hydrogen) atoms. The average Bonchev–Trinajstić information content (AvgIpc) is 2.76. The van der Waals surface area contributed by atoms with Crippen LogP contribution in [-0.4, -0.2) is 21.7 Å². The zero-order valence-electron chi connectivity index (χ0n) is 8.03. The van der Waals surface area contributed by atoms with Gasteiger partial charge in [-0.2, -0.15) is 4.98 Å². The Morgan fingerprint density at radius 2 is 2.40 bits per heavy atom. The monoisotopic (exact) mass is 288 g/mol. The van der Waals surface area contributed by atoms with Crippen molar-refractivity contribution in [3.63, 3.8) is 0 Å². The van der Waals surface area contributed by atoms with Crippen molar-refractivity contribution in [3.8, 4) is 0 Å². The van der Waals surface area contributed by atoms with Crippen LogP contribution in [0.2, 0.25) is 0 Å². The van der Waals surface area contributed by atoms with E-state index in [4.69, 9.17) is 4.52 Å². The number of halogens is 1. The average molecular weight is 289 g/mol. The molecule has 0 aliphatic heterocycles. The normalized spacial score (nSPS) is 10.5. The van der Waals surface area contributed by atoms with Gasteiger partial charge in [0.05, 0.1) is 0 Å². The summed E-state index contributed by atoms with van der Waals surface area (Å²) in [6, 6.07) is 0. The van der Waals surface area contributed by atoms with Crippen molar-refractivity contribution in [1.82, 2.24) is 15.1 Å². The Balaban J connectivity index is 1.80. The van der Waals surface area contributed by atoms with Crippen LogP contribution in [0.15, 0.2) is 14.5 Å². The van der Waals surface area contributed by atoms with Gasteiger partial charge < -0.3 is 9.84 Å². The van der Waals surface area contributed by atoms with Crippen LogP contribution in [0.25, 0.3) is 0 Å². The topological polar surface area (TPSA) is 63.8 Å². The van der Waals surface area contributed by atoms with E-state index in [-0.39, 0.29) is 0 Å². The van der Waals surface area contributed by atoms with Crippen LogP contribution in [-0.2, 0) is 6.42 Å². The van der Waals surface area contributed by atoms with E-state index in [0.29, 0.717) is 5.89 Å². The van der Waals surface area contributed by atoms with Crippen molar-refractivity contribution in [2.75, 3.05) is 11.9 Å². The van der Waals surface area contributed by atoms with Crippen LogP contribution < -0.4 is 5.32 Å². The van der Waals surface area contributed by atoms with Gasteiger partial charge in [0.25, 0.3) is 0 Å². The highest BCUT2D eigenvalue weighted by molar-refractivity contribution is 9.10. The van der Waals surface area contributed by atoms with Crippen LogP contribution in [0, 0.1) is 6.92 Å². The molecule has 2 heterocycles. The summed E-state index contributed by atoms with van der Waals surface area (Å²) in [5.41, 5.74) is 0. The summed E-state index contributed by atoms with van der Waals surface area (Å²) in [6.45, 7) is 2.53. The highest BCUT2D eigenvalue weighted by Crippen LogP contribution is 2.18. The van der Waals surface area contributed by atoms with Crippen molar-refractivity contribution in [2.24, 2.45) is 0 Å². The molecule has 0 aliphatic carbocycles. The molecule has 2 aromatic heterocycles. The highest BCUT2D eigenvalue weighted by Gasteiger charge is 2.02. The first-order valence-corrected chi connectivity index (χ1v) is 6.05. The minimum Gasteiger partial charge on any atom is -0.361 e. The van der Waals surface area contributed by atoms with E-state index in [0.717, 1.165) is 28.5 Å². The first-order chi connectivity index (χ1) is 7.24. The van der Waals surface area contributed by atoms with Crippen LogP contribution >= 0.6 is 27.3 Å². The van der Waals surface area contributed by atoms with Crippen molar-refractivity contribution in [1.29, 1.82) is 0 Å². The third kappa shape index (κ3) is 3.00. The fourth-order valence-electron chi connectivity index (χ4n) is 1.06. The summed E-state index contributed by atoms with van der Waals surface area (Å²) in [5.74, 6) is 1.32. The zero-order valence-corrected chi connectivity index (χ0v) is 10.4. The number of nitrogens with zero attached hydrogens (tertiary/aromatic N) is 3. The fraction of sp³-hybridized carbons (Fsp3) is 0.375. The Hall–Kier alpha value is -0.950. The maximum absolute atomic E-state index is 4.86. The third-order valence-corrected chi connectivity index (χ3v) is 3.18. The lowest BCUT2D eigenvalue weighted by Gasteiger charge is -1.97. The molecule has 5 nitrogen and oxygen atoms in total. The molecule has 7 heteroatoms. The molecule has 0 spiro atoms. The van der Waals surface area contributed by atoms with Gasteiger partial charge in [0.1, 0.15) is 4.60 Å². The number of aryl methyl sites for hydroxylation is 1. The molecular weight excluding hydrogens is 280 g/mol. The van der Waals surface area contributed by atoms with Gasteiger partial charge in [-0.25, -0.2) is 4.98 Å². The van der Waals surface area contributed by atoms with Gasteiger partial charge in [-0.15, -0.1) is 11.3 Å². The predicted octanol–water partition coefficient (Wildman–Crippen LogP) is 2.25. The molecule has 1 N–H and O–H groups in total. The predicted molar refractivity (Wildman–Crippen MR) is 61.0 cm³/mol. The van der Waals surface area contributed by atoms with Crippen LogP contribution in [0.3, 0.4) is 0 Å². The number of hydrogen-bond acceptors (Lipinski definition) is 6. The van der Waals surface area contributed by atoms with Crippen LogP contribution in [0.1, 0.15) is 11.7 Å². The molecular formula is C8H9BrN4OS. The number of thiazole rings is 1. The molecule has 0 radical (unpaired) electrons. The fourth-order valence-corrected chi connectivity index (χ4v) is 2.23. The lowest BCUT2D eigenvalue weighted by atomic mass is 10.4. The molecule has 0 fully saturated rings. The molecule has 0 saturated carbocycles. The number of rotatable bonds is 4. The second-order valence-electron chi connectivity index (χ2n) is 2.88. The van der Waals surface area contributed by atoms with Crippen LogP contribution in [0.4, 0.5) is 5.13 Å². The SMILES string of the molecule is Cc1nc(CCNc2nc(Br)cs2)no1. The first-order valence-electron chi connectivity index (χ1n) is 4.38. The van der Waals surface area contributed by atoms with Crippen LogP contribution in [0.5, 0.6) is 0 Å². The third-order valence-electron chi connectivity index (χ3n) is 1.67. The van der Waals surface area contributed by atoms with Crippen molar-refractivity contribution in [3.05, 3.63) is 21.7 Å². The summed E-state index contributed by atoms with van der Waals surface area (Å²) < 4.78 is 5.71. The van der Waals surface area contributed by atoms with Crippen molar-refractivity contribution in [2.45, 2.75) is 13.3 Å². The lowest BCUT2D eigenvalue weighted by Crippen LogP contribution is -2.05. The largest absolute Gasteiger partial charge is 0.361 e. The van der Waals surface area contributed by atoms with Gasteiger partial charge in [-0.05, 0) is 15.9 Å². The maximum Gasteiger partial charge on any atom is 0.223 e. The van der Waals surface area contributed by atoms with E-state index >= 15 is 0 Å².